The SMILES string of the molecule is Cn1ncc(C(=O)c2ccc3c(c2)OCCO3)c1N. The first-order valence-corrected chi connectivity index (χ1v) is 5.88. The summed E-state index contributed by atoms with van der Waals surface area (Å²) in [5.41, 5.74) is 6.69. The van der Waals surface area contributed by atoms with Crippen molar-refractivity contribution in [2.24, 2.45) is 7.05 Å². The maximum Gasteiger partial charge on any atom is 0.198 e. The number of nitrogens with zero attached hydrogens (tertiary/aromatic N) is 2. The van der Waals surface area contributed by atoms with Gasteiger partial charge in [-0.15, -0.1) is 0 Å². The van der Waals surface area contributed by atoms with Gasteiger partial charge in [-0.25, -0.2) is 0 Å². The summed E-state index contributed by atoms with van der Waals surface area (Å²) >= 11 is 0. The number of benzene rings is 1. The van der Waals surface area contributed by atoms with E-state index >= 15 is 0 Å². The zero-order valence-electron chi connectivity index (χ0n) is 10.4. The third kappa shape index (κ3) is 1.91. The highest BCUT2D eigenvalue weighted by Gasteiger charge is 2.19. The fourth-order valence-electron chi connectivity index (χ4n) is 1.96. The number of aromatic nitrogens is 2. The number of hydrogen-bond donors (Lipinski definition) is 1. The van der Waals surface area contributed by atoms with Crippen molar-refractivity contribution in [3.8, 4) is 11.5 Å². The number of hydrogen-bond acceptors (Lipinski definition) is 5. The van der Waals surface area contributed by atoms with E-state index in [2.05, 4.69) is 5.10 Å². The van der Waals surface area contributed by atoms with E-state index in [1.54, 1.807) is 25.2 Å². The zero-order chi connectivity index (χ0) is 13.4. The normalized spacial score (nSPS) is 13.3. The Balaban J connectivity index is 1.98. The van der Waals surface area contributed by atoms with Crippen LogP contribution >= 0.6 is 0 Å². The second kappa shape index (κ2) is 4.31. The Bertz CT molecular complexity index is 649. The zero-order valence-corrected chi connectivity index (χ0v) is 10.4. The lowest BCUT2D eigenvalue weighted by Crippen LogP contribution is -2.16. The number of anilines is 1. The van der Waals surface area contributed by atoms with Crippen molar-refractivity contribution in [2.45, 2.75) is 0 Å². The lowest BCUT2D eigenvalue weighted by molar-refractivity contribution is 0.103. The Morgan fingerprint density at radius 1 is 1.32 bits per heavy atom. The third-order valence-electron chi connectivity index (χ3n) is 3.03. The summed E-state index contributed by atoms with van der Waals surface area (Å²) in [6.07, 6.45) is 1.47. The highest BCUT2D eigenvalue weighted by Crippen LogP contribution is 2.31. The largest absolute Gasteiger partial charge is 0.486 e. The number of ether oxygens (including phenoxy) is 2. The molecule has 0 atom stereocenters. The lowest BCUT2D eigenvalue weighted by Gasteiger charge is -2.18. The summed E-state index contributed by atoms with van der Waals surface area (Å²) in [6.45, 7) is 1.01. The Morgan fingerprint density at radius 3 is 2.74 bits per heavy atom. The standard InChI is InChI=1S/C13H13N3O3/c1-16-13(14)9(7-15-16)12(17)8-2-3-10-11(6-8)19-5-4-18-10/h2-3,6-7H,4-5,14H2,1H3. The lowest BCUT2D eigenvalue weighted by atomic mass is 10.0. The van der Waals surface area contributed by atoms with Crippen LogP contribution in [-0.2, 0) is 7.05 Å². The van der Waals surface area contributed by atoms with Gasteiger partial charge < -0.3 is 15.2 Å². The molecule has 0 radical (unpaired) electrons. The van der Waals surface area contributed by atoms with Crippen molar-refractivity contribution in [2.75, 3.05) is 18.9 Å². The Hall–Kier alpha value is -2.50. The van der Waals surface area contributed by atoms with Crippen molar-refractivity contribution in [1.82, 2.24) is 9.78 Å². The molecular formula is C13H13N3O3. The van der Waals surface area contributed by atoms with E-state index in [0.717, 1.165) is 0 Å². The quantitative estimate of drug-likeness (QED) is 0.814. The molecule has 0 unspecified atom stereocenters. The molecule has 0 saturated carbocycles. The van der Waals surface area contributed by atoms with Crippen LogP contribution in [0.3, 0.4) is 0 Å². The number of ketones is 1. The summed E-state index contributed by atoms with van der Waals surface area (Å²) in [5.74, 6) is 1.41. The van der Waals surface area contributed by atoms with Gasteiger partial charge in [0.05, 0.1) is 11.8 Å². The summed E-state index contributed by atoms with van der Waals surface area (Å²) < 4.78 is 12.3. The molecule has 2 heterocycles. The van der Waals surface area contributed by atoms with Crippen LogP contribution < -0.4 is 15.2 Å². The van der Waals surface area contributed by atoms with Crippen molar-refractivity contribution in [1.29, 1.82) is 0 Å². The molecular weight excluding hydrogens is 246 g/mol. The fourth-order valence-corrected chi connectivity index (χ4v) is 1.96. The molecule has 1 aromatic heterocycles. The van der Waals surface area contributed by atoms with Crippen LogP contribution in [0.5, 0.6) is 11.5 Å². The smallest absolute Gasteiger partial charge is 0.198 e. The maximum absolute atomic E-state index is 12.3. The number of nitrogen functional groups attached to an aromatic ring is 1. The van der Waals surface area contributed by atoms with E-state index in [-0.39, 0.29) is 5.78 Å². The molecule has 2 N–H and O–H groups in total. The number of carbonyl (C=O) groups is 1. The van der Waals surface area contributed by atoms with Gasteiger partial charge in [-0.3, -0.25) is 9.48 Å². The van der Waals surface area contributed by atoms with Crippen molar-refractivity contribution < 1.29 is 14.3 Å². The molecule has 0 bridgehead atoms. The van der Waals surface area contributed by atoms with E-state index in [9.17, 15) is 4.79 Å². The highest BCUT2D eigenvalue weighted by atomic mass is 16.6. The molecule has 0 fully saturated rings. The van der Waals surface area contributed by atoms with E-state index < -0.39 is 0 Å². The number of nitrogens with two attached hydrogens (primary N) is 1. The molecule has 19 heavy (non-hydrogen) atoms. The Labute approximate surface area is 109 Å². The molecule has 0 spiro atoms. The first-order valence-electron chi connectivity index (χ1n) is 5.88. The van der Waals surface area contributed by atoms with Gasteiger partial charge in [-0.05, 0) is 18.2 Å². The van der Waals surface area contributed by atoms with Crippen LogP contribution in [0.4, 0.5) is 5.82 Å². The van der Waals surface area contributed by atoms with E-state index in [4.69, 9.17) is 15.2 Å². The van der Waals surface area contributed by atoms with Gasteiger partial charge in [0.1, 0.15) is 19.0 Å². The minimum absolute atomic E-state index is 0.178. The van der Waals surface area contributed by atoms with Gasteiger partial charge in [0.2, 0.25) is 0 Å². The average Bonchev–Trinajstić information content (AvgIpc) is 2.78. The molecule has 0 amide bonds. The van der Waals surface area contributed by atoms with Gasteiger partial charge in [-0.2, -0.15) is 5.10 Å². The Kier molecular flexibility index (Phi) is 2.63. The van der Waals surface area contributed by atoms with Gasteiger partial charge >= 0.3 is 0 Å². The second-order valence-corrected chi connectivity index (χ2v) is 4.25. The topological polar surface area (TPSA) is 79.4 Å². The summed E-state index contributed by atoms with van der Waals surface area (Å²) in [4.78, 5) is 12.3. The summed E-state index contributed by atoms with van der Waals surface area (Å²) in [5, 5.41) is 3.97. The van der Waals surface area contributed by atoms with Crippen LogP contribution in [0.2, 0.25) is 0 Å². The van der Waals surface area contributed by atoms with Crippen molar-refractivity contribution in [3.05, 3.63) is 35.5 Å². The first-order chi connectivity index (χ1) is 9.16. The average molecular weight is 259 g/mol. The molecule has 98 valence electrons. The van der Waals surface area contributed by atoms with Gasteiger partial charge in [-0.1, -0.05) is 0 Å². The van der Waals surface area contributed by atoms with Crippen LogP contribution in [0.1, 0.15) is 15.9 Å². The number of rotatable bonds is 2. The molecule has 1 aliphatic rings. The van der Waals surface area contributed by atoms with Crippen LogP contribution in [0, 0.1) is 0 Å². The van der Waals surface area contributed by atoms with Gasteiger partial charge in [0, 0.05) is 12.6 Å². The molecule has 1 aromatic carbocycles. The maximum atomic E-state index is 12.3. The van der Waals surface area contributed by atoms with Crippen LogP contribution in [0.15, 0.2) is 24.4 Å². The number of aryl methyl sites for hydroxylation is 1. The summed E-state index contributed by atoms with van der Waals surface area (Å²) in [7, 11) is 1.69. The van der Waals surface area contributed by atoms with E-state index in [0.29, 0.717) is 41.7 Å². The monoisotopic (exact) mass is 259 g/mol. The summed E-state index contributed by atoms with van der Waals surface area (Å²) in [6, 6.07) is 5.10. The predicted octanol–water partition coefficient (Wildman–Crippen LogP) is 1.00. The van der Waals surface area contributed by atoms with E-state index in [1.165, 1.54) is 10.9 Å². The van der Waals surface area contributed by atoms with Crippen molar-refractivity contribution in [3.63, 3.8) is 0 Å². The van der Waals surface area contributed by atoms with E-state index in [1.807, 2.05) is 0 Å². The Morgan fingerprint density at radius 2 is 2.05 bits per heavy atom. The molecule has 6 heteroatoms. The number of carbonyl (C=O) groups excluding carboxylic acids is 1. The molecule has 0 aliphatic carbocycles. The third-order valence-corrected chi connectivity index (χ3v) is 3.03. The van der Waals surface area contributed by atoms with Crippen LogP contribution in [-0.4, -0.2) is 28.8 Å². The van der Waals surface area contributed by atoms with Gasteiger partial charge in [0.25, 0.3) is 0 Å². The molecule has 0 saturated heterocycles. The second-order valence-electron chi connectivity index (χ2n) is 4.25. The van der Waals surface area contributed by atoms with Crippen LogP contribution in [0.25, 0.3) is 0 Å². The molecule has 1 aliphatic heterocycles. The molecule has 3 rings (SSSR count). The molecule has 6 nitrogen and oxygen atoms in total. The minimum atomic E-state index is -0.178. The highest BCUT2D eigenvalue weighted by molar-refractivity contribution is 6.11. The number of fused-ring (bicyclic) bond motifs is 1. The fraction of sp³-hybridized carbons (Fsp3) is 0.231. The first kappa shape index (κ1) is 11.6. The molecule has 2 aromatic rings. The van der Waals surface area contributed by atoms with Gasteiger partial charge in [0.15, 0.2) is 17.3 Å². The predicted molar refractivity (Wildman–Crippen MR) is 68.5 cm³/mol. The minimum Gasteiger partial charge on any atom is -0.486 e. The van der Waals surface area contributed by atoms with Crippen molar-refractivity contribution >= 4 is 11.6 Å².